The summed E-state index contributed by atoms with van der Waals surface area (Å²) in [7, 11) is 0. The van der Waals surface area contributed by atoms with Crippen LogP contribution in [0.2, 0.25) is 0 Å². The first-order valence-electron chi connectivity index (χ1n) is 4.13. The molecule has 0 amide bonds. The fourth-order valence-corrected chi connectivity index (χ4v) is 0.524. The second-order valence-corrected chi connectivity index (χ2v) is 3.09. The van der Waals surface area contributed by atoms with Crippen molar-refractivity contribution in [2.45, 2.75) is 34.6 Å². The van der Waals surface area contributed by atoms with Crippen LogP contribution in [0, 0.1) is 5.41 Å². The summed E-state index contributed by atoms with van der Waals surface area (Å²) in [5.41, 5.74) is 5.56. The van der Waals surface area contributed by atoms with E-state index in [1.54, 1.807) is 6.08 Å². The Balaban J connectivity index is -0.000000309. The molecule has 0 saturated carbocycles. The Labute approximate surface area is 76.4 Å². The predicted molar refractivity (Wildman–Crippen MR) is 55.5 cm³/mol. The van der Waals surface area contributed by atoms with Gasteiger partial charge in [0.2, 0.25) is 0 Å². The summed E-state index contributed by atoms with van der Waals surface area (Å²) < 4.78 is 0. The fraction of sp³-hybridized carbons (Fsp3) is 0.667. The van der Waals surface area contributed by atoms with Crippen LogP contribution in [0.1, 0.15) is 36.0 Å². The summed E-state index contributed by atoms with van der Waals surface area (Å²) in [6.45, 7) is 9.84. The Morgan fingerprint density at radius 3 is 1.92 bits per heavy atom. The number of hydrogen-bond donors (Lipinski definition) is 2. The molecule has 3 heteroatoms. The highest BCUT2D eigenvalue weighted by Crippen LogP contribution is 2.16. The summed E-state index contributed by atoms with van der Waals surface area (Å²) >= 11 is 0. The Morgan fingerprint density at radius 1 is 1.42 bits per heavy atom. The Kier molecular flexibility index (Phi) is 7.59. The topological polar surface area (TPSA) is 58.6 Å². The molecule has 0 aliphatic carbocycles. The van der Waals surface area contributed by atoms with Gasteiger partial charge in [-0.05, 0) is 12.3 Å². The molecule has 0 aromatic heterocycles. The molecule has 0 unspecified atom stereocenters. The van der Waals surface area contributed by atoms with Gasteiger partial charge in [0.05, 0.1) is 5.71 Å². The van der Waals surface area contributed by atoms with E-state index in [9.17, 15) is 0 Å². The van der Waals surface area contributed by atoms with E-state index in [1.165, 1.54) is 6.20 Å². The van der Waals surface area contributed by atoms with Crippen LogP contribution in [0.4, 0.5) is 0 Å². The smallest absolute Gasteiger partial charge is 0.0863 e. The average Bonchev–Trinajstić information content (AvgIpc) is 2.02. The second-order valence-electron chi connectivity index (χ2n) is 3.09. The molecule has 3 nitrogen and oxygen atoms in total. The van der Waals surface area contributed by atoms with E-state index in [4.69, 9.17) is 10.9 Å². The maximum absolute atomic E-state index is 8.47. The maximum Gasteiger partial charge on any atom is 0.0863 e. The van der Waals surface area contributed by atoms with Gasteiger partial charge in [-0.25, -0.2) is 0 Å². The van der Waals surface area contributed by atoms with E-state index in [2.05, 4.69) is 5.16 Å². The largest absolute Gasteiger partial charge is 0.411 e. The molecule has 12 heavy (non-hydrogen) atoms. The van der Waals surface area contributed by atoms with Gasteiger partial charge in [0.25, 0.3) is 0 Å². The van der Waals surface area contributed by atoms with Crippen molar-refractivity contribution in [3.8, 4) is 0 Å². The van der Waals surface area contributed by atoms with Gasteiger partial charge in [0, 0.05) is 6.84 Å². The van der Waals surface area contributed by atoms with Gasteiger partial charge < -0.3 is 10.9 Å². The van der Waals surface area contributed by atoms with Crippen molar-refractivity contribution in [1.29, 1.82) is 0 Å². The first-order valence-corrected chi connectivity index (χ1v) is 4.13. The number of rotatable bonds is 1. The third-order valence-corrected chi connectivity index (χ3v) is 1.13. The second kappa shape index (κ2) is 6.70. The molecule has 0 spiro atoms. The van der Waals surface area contributed by atoms with Gasteiger partial charge in [-0.15, -0.1) is 0 Å². The van der Waals surface area contributed by atoms with Crippen LogP contribution in [0.15, 0.2) is 17.4 Å². The molecule has 0 bridgehead atoms. The highest BCUT2D eigenvalue weighted by Gasteiger charge is 2.16. The van der Waals surface area contributed by atoms with Crippen LogP contribution in [0.3, 0.4) is 0 Å². The Morgan fingerprint density at radius 2 is 1.83 bits per heavy atom. The Bertz CT molecular complexity index is 159. The summed E-state index contributed by atoms with van der Waals surface area (Å²) in [5, 5.41) is 11.6. The predicted octanol–water partition coefficient (Wildman–Crippen LogP) is 2.61. The van der Waals surface area contributed by atoms with Gasteiger partial charge >= 0.3 is 0 Å². The zero-order valence-corrected chi connectivity index (χ0v) is 8.63. The zero-order chi connectivity index (χ0) is 10.2. The highest BCUT2D eigenvalue weighted by molar-refractivity contribution is 5.98. The van der Waals surface area contributed by atoms with Crippen LogP contribution in [0.25, 0.3) is 0 Å². The first kappa shape index (κ1) is 13.6. The monoisotopic (exact) mass is 174 g/mol. The number of allylic oxidation sites excluding steroid dienone is 1. The molecule has 3 N–H and O–H groups in total. The molecular formula is C9H22N2O. The molecule has 0 radical (unpaired) electrons. The quantitative estimate of drug-likeness (QED) is 0.364. The van der Waals surface area contributed by atoms with Crippen LogP contribution in [0.5, 0.6) is 0 Å². The third kappa shape index (κ3) is 5.77. The molecule has 0 aromatic rings. The lowest BCUT2D eigenvalue weighted by molar-refractivity contribution is 0.312. The molecule has 0 aliphatic rings. The lowest BCUT2D eigenvalue weighted by Gasteiger charge is -2.15. The van der Waals surface area contributed by atoms with Crippen molar-refractivity contribution in [1.82, 2.24) is 0 Å². The third-order valence-electron chi connectivity index (χ3n) is 1.13. The van der Waals surface area contributed by atoms with Crippen LogP contribution >= 0.6 is 0 Å². The average molecular weight is 174 g/mol. The normalized spacial score (nSPS) is 12.6. The fourth-order valence-electron chi connectivity index (χ4n) is 0.524. The van der Waals surface area contributed by atoms with Crippen molar-refractivity contribution < 1.29 is 6.63 Å². The summed E-state index contributed by atoms with van der Waals surface area (Å²) in [4.78, 5) is 0. The van der Waals surface area contributed by atoms with Gasteiger partial charge in [-0.1, -0.05) is 39.8 Å². The van der Waals surface area contributed by atoms with Crippen molar-refractivity contribution >= 4 is 5.71 Å². The van der Waals surface area contributed by atoms with E-state index in [-0.39, 0.29) is 6.84 Å². The molecule has 0 atom stereocenters. The molecular weight excluding hydrogens is 152 g/mol. The van der Waals surface area contributed by atoms with E-state index < -0.39 is 0 Å². The molecule has 0 saturated heterocycles. The highest BCUT2D eigenvalue weighted by atomic mass is 16.4. The molecule has 74 valence electrons. The van der Waals surface area contributed by atoms with E-state index in [1.807, 2.05) is 34.6 Å². The number of oxime groups is 1. The summed E-state index contributed by atoms with van der Waals surface area (Å²) in [6, 6.07) is 0. The SMILES string of the molecule is CC.CC(C)(C)C(/C=C/N)=N/O.[HH]. The van der Waals surface area contributed by atoms with Crippen LogP contribution < -0.4 is 5.73 Å². The first-order chi connectivity index (χ1) is 5.52. The van der Waals surface area contributed by atoms with Crippen molar-refractivity contribution in [3.63, 3.8) is 0 Å². The van der Waals surface area contributed by atoms with Crippen molar-refractivity contribution in [3.05, 3.63) is 12.3 Å². The minimum Gasteiger partial charge on any atom is -0.411 e. The number of nitrogens with zero attached hydrogens (tertiary/aromatic N) is 1. The zero-order valence-electron chi connectivity index (χ0n) is 8.63. The van der Waals surface area contributed by atoms with Gasteiger partial charge in [-0.2, -0.15) is 0 Å². The molecule has 0 aromatic carbocycles. The van der Waals surface area contributed by atoms with Gasteiger partial charge in [0.1, 0.15) is 0 Å². The number of nitrogens with two attached hydrogens (primary N) is 1. The molecule has 0 heterocycles. The molecule has 0 rings (SSSR count). The van der Waals surface area contributed by atoms with Crippen LogP contribution in [-0.4, -0.2) is 10.9 Å². The summed E-state index contributed by atoms with van der Waals surface area (Å²) in [6.07, 6.45) is 2.94. The van der Waals surface area contributed by atoms with Crippen LogP contribution in [-0.2, 0) is 0 Å². The summed E-state index contributed by atoms with van der Waals surface area (Å²) in [5.74, 6) is 0. The minimum absolute atomic E-state index is 0. The lowest BCUT2D eigenvalue weighted by atomic mass is 9.90. The standard InChI is InChI=1S/C7H14N2O.C2H6.H2/c1-7(2,3)6(9-10)4-5-8;1-2;/h4-5,10H,8H2,1-3H3;1-2H3;1H/b5-4+,9-6+;;. The van der Waals surface area contributed by atoms with E-state index >= 15 is 0 Å². The van der Waals surface area contributed by atoms with Crippen molar-refractivity contribution in [2.75, 3.05) is 0 Å². The Hall–Kier alpha value is -0.990. The van der Waals surface area contributed by atoms with Gasteiger partial charge in [0.15, 0.2) is 0 Å². The maximum atomic E-state index is 8.47. The molecule has 0 fully saturated rings. The number of hydrogen-bond acceptors (Lipinski definition) is 3. The van der Waals surface area contributed by atoms with Gasteiger partial charge in [-0.3, -0.25) is 0 Å². The minimum atomic E-state index is -0.148. The molecule has 0 aliphatic heterocycles. The van der Waals surface area contributed by atoms with E-state index in [0.29, 0.717) is 5.71 Å². The lowest BCUT2D eigenvalue weighted by Crippen LogP contribution is -2.18. The van der Waals surface area contributed by atoms with E-state index in [0.717, 1.165) is 0 Å². The van der Waals surface area contributed by atoms with Crippen molar-refractivity contribution in [2.24, 2.45) is 16.3 Å².